The minimum absolute atomic E-state index is 0.216. The molecule has 3 atom stereocenters. The summed E-state index contributed by atoms with van der Waals surface area (Å²) in [6.07, 6.45) is 8.59. The first kappa shape index (κ1) is 10.9. The van der Waals surface area contributed by atoms with E-state index in [2.05, 4.69) is 19.9 Å². The lowest BCUT2D eigenvalue weighted by atomic mass is 9.61. The van der Waals surface area contributed by atoms with Crippen molar-refractivity contribution in [2.45, 2.75) is 52.9 Å². The Hall–Kier alpha value is -0.590. The molecule has 0 N–H and O–H groups in total. The summed E-state index contributed by atoms with van der Waals surface area (Å²) in [5.74, 6) is 1.27. The van der Waals surface area contributed by atoms with Crippen LogP contribution < -0.4 is 0 Å². The molecule has 0 unspecified atom stereocenters. The highest BCUT2D eigenvalue weighted by molar-refractivity contribution is 5.80. The van der Waals surface area contributed by atoms with Crippen LogP contribution >= 0.6 is 0 Å². The van der Waals surface area contributed by atoms with E-state index in [1.54, 1.807) is 12.5 Å². The van der Waals surface area contributed by atoms with Gasteiger partial charge in [0.05, 0.1) is 0 Å². The van der Waals surface area contributed by atoms with E-state index in [0.29, 0.717) is 17.1 Å². The molecule has 15 heavy (non-hydrogen) atoms. The Kier molecular flexibility index (Phi) is 2.74. The zero-order valence-corrected chi connectivity index (χ0v) is 10.2. The first-order valence-corrected chi connectivity index (χ1v) is 6.25. The van der Waals surface area contributed by atoms with Crippen LogP contribution in [0.4, 0.5) is 0 Å². The second kappa shape index (κ2) is 3.77. The summed E-state index contributed by atoms with van der Waals surface area (Å²) < 4.78 is 0. The van der Waals surface area contributed by atoms with Crippen LogP contribution in [0.15, 0.2) is 11.6 Å². The molecular formula is C14H22O. The predicted octanol–water partition coefficient (Wildman–Crippen LogP) is 3.74. The highest BCUT2D eigenvalue weighted by Gasteiger charge is 2.39. The van der Waals surface area contributed by atoms with Gasteiger partial charge in [-0.25, -0.2) is 0 Å². The quantitative estimate of drug-likeness (QED) is 0.597. The smallest absolute Gasteiger partial charge is 0.136 e. The molecule has 0 bridgehead atoms. The predicted molar refractivity (Wildman–Crippen MR) is 62.6 cm³/mol. The third-order valence-corrected chi connectivity index (χ3v) is 4.50. The maximum Gasteiger partial charge on any atom is 0.136 e. The standard InChI is InChI=1S/C14H22O/c1-10-5-4-7-14(3)8-6-12(11(2)15)9-13(10)14/h9-10,12H,4-8H2,1-3H3/t10-,12-,14-/m1/s1. The van der Waals surface area contributed by atoms with Crippen LogP contribution in [0.1, 0.15) is 52.9 Å². The van der Waals surface area contributed by atoms with Crippen LogP contribution in [0.3, 0.4) is 0 Å². The van der Waals surface area contributed by atoms with E-state index in [0.717, 1.165) is 6.42 Å². The number of hydrogen-bond acceptors (Lipinski definition) is 1. The van der Waals surface area contributed by atoms with Gasteiger partial charge in [0.15, 0.2) is 0 Å². The molecule has 0 aromatic carbocycles. The molecule has 1 nitrogen and oxygen atoms in total. The summed E-state index contributed by atoms with van der Waals surface area (Å²) in [5, 5.41) is 0. The number of Topliss-reactive ketones (excluding diaryl/α,β-unsaturated/α-hetero) is 1. The monoisotopic (exact) mass is 206 g/mol. The number of ketones is 1. The van der Waals surface area contributed by atoms with Crippen LogP contribution in [-0.2, 0) is 4.79 Å². The SMILES string of the molecule is CC(=O)[C@H]1C=C2[C@H](C)CCC[C@]2(C)CC1. The number of carbonyl (C=O) groups excluding carboxylic acids is 1. The first-order valence-electron chi connectivity index (χ1n) is 6.25. The van der Waals surface area contributed by atoms with Gasteiger partial charge in [-0.15, -0.1) is 0 Å². The zero-order chi connectivity index (χ0) is 11.1. The fourth-order valence-electron chi connectivity index (χ4n) is 3.42. The number of hydrogen-bond donors (Lipinski definition) is 0. The minimum atomic E-state index is 0.216. The van der Waals surface area contributed by atoms with Crippen molar-refractivity contribution in [3.63, 3.8) is 0 Å². The van der Waals surface area contributed by atoms with Crippen molar-refractivity contribution >= 4 is 5.78 Å². The molecule has 0 saturated heterocycles. The van der Waals surface area contributed by atoms with E-state index in [-0.39, 0.29) is 5.92 Å². The third-order valence-electron chi connectivity index (χ3n) is 4.50. The average Bonchev–Trinajstić information content (AvgIpc) is 2.17. The van der Waals surface area contributed by atoms with E-state index >= 15 is 0 Å². The van der Waals surface area contributed by atoms with Gasteiger partial charge in [-0.2, -0.15) is 0 Å². The molecule has 2 aliphatic carbocycles. The molecular weight excluding hydrogens is 184 g/mol. The molecule has 0 aliphatic heterocycles. The van der Waals surface area contributed by atoms with Gasteiger partial charge in [0.2, 0.25) is 0 Å². The Morgan fingerprint density at radius 1 is 1.40 bits per heavy atom. The van der Waals surface area contributed by atoms with E-state index in [1.165, 1.54) is 25.7 Å². The van der Waals surface area contributed by atoms with Crippen LogP contribution in [0.5, 0.6) is 0 Å². The van der Waals surface area contributed by atoms with Crippen molar-refractivity contribution in [2.75, 3.05) is 0 Å². The van der Waals surface area contributed by atoms with E-state index in [4.69, 9.17) is 0 Å². The summed E-state index contributed by atoms with van der Waals surface area (Å²) in [6.45, 7) is 6.45. The summed E-state index contributed by atoms with van der Waals surface area (Å²) in [6, 6.07) is 0. The average molecular weight is 206 g/mol. The number of allylic oxidation sites excluding steroid dienone is 2. The summed E-state index contributed by atoms with van der Waals surface area (Å²) in [5.41, 5.74) is 2.00. The van der Waals surface area contributed by atoms with Gasteiger partial charge in [0.1, 0.15) is 5.78 Å². The topological polar surface area (TPSA) is 17.1 Å². The lowest BCUT2D eigenvalue weighted by molar-refractivity contribution is -0.120. The highest BCUT2D eigenvalue weighted by atomic mass is 16.1. The van der Waals surface area contributed by atoms with E-state index in [1.807, 2.05) is 0 Å². The normalized spacial score (nSPS) is 40.6. The molecule has 84 valence electrons. The summed E-state index contributed by atoms with van der Waals surface area (Å²) in [7, 11) is 0. The van der Waals surface area contributed by atoms with E-state index in [9.17, 15) is 4.79 Å². The van der Waals surface area contributed by atoms with Gasteiger partial charge < -0.3 is 0 Å². The Bertz CT molecular complexity index is 302. The molecule has 0 radical (unpaired) electrons. The largest absolute Gasteiger partial charge is 0.299 e. The zero-order valence-electron chi connectivity index (χ0n) is 10.2. The second-order valence-corrected chi connectivity index (χ2v) is 5.73. The highest BCUT2D eigenvalue weighted by Crippen LogP contribution is 2.50. The van der Waals surface area contributed by atoms with Crippen molar-refractivity contribution in [3.05, 3.63) is 11.6 Å². The molecule has 1 fully saturated rings. The number of rotatable bonds is 1. The van der Waals surface area contributed by atoms with E-state index < -0.39 is 0 Å². The van der Waals surface area contributed by atoms with Gasteiger partial charge in [0.25, 0.3) is 0 Å². The minimum Gasteiger partial charge on any atom is -0.299 e. The molecule has 2 aliphatic rings. The van der Waals surface area contributed by atoms with Crippen molar-refractivity contribution < 1.29 is 4.79 Å². The molecule has 0 amide bonds. The molecule has 0 heterocycles. The van der Waals surface area contributed by atoms with Crippen molar-refractivity contribution in [3.8, 4) is 0 Å². The molecule has 1 saturated carbocycles. The Morgan fingerprint density at radius 2 is 2.13 bits per heavy atom. The van der Waals surface area contributed by atoms with Gasteiger partial charge in [-0.05, 0) is 43.9 Å². The Balaban J connectivity index is 2.29. The fraction of sp³-hybridized carbons (Fsp3) is 0.786. The van der Waals surface area contributed by atoms with Crippen molar-refractivity contribution in [1.29, 1.82) is 0 Å². The molecule has 1 heteroatoms. The van der Waals surface area contributed by atoms with Crippen LogP contribution in [0.2, 0.25) is 0 Å². The second-order valence-electron chi connectivity index (χ2n) is 5.73. The number of carbonyl (C=O) groups is 1. The fourth-order valence-corrected chi connectivity index (χ4v) is 3.42. The molecule has 2 rings (SSSR count). The molecule has 0 aromatic heterocycles. The number of fused-ring (bicyclic) bond motifs is 1. The van der Waals surface area contributed by atoms with Crippen LogP contribution in [-0.4, -0.2) is 5.78 Å². The molecule has 0 aromatic rings. The maximum absolute atomic E-state index is 11.4. The van der Waals surface area contributed by atoms with Gasteiger partial charge in [0, 0.05) is 5.92 Å². The summed E-state index contributed by atoms with van der Waals surface area (Å²) >= 11 is 0. The molecule has 0 spiro atoms. The van der Waals surface area contributed by atoms with Gasteiger partial charge in [-0.3, -0.25) is 4.79 Å². The summed E-state index contributed by atoms with van der Waals surface area (Å²) in [4.78, 5) is 11.4. The lowest BCUT2D eigenvalue weighted by Crippen LogP contribution is -2.33. The van der Waals surface area contributed by atoms with Gasteiger partial charge in [-0.1, -0.05) is 31.9 Å². The van der Waals surface area contributed by atoms with Crippen LogP contribution in [0.25, 0.3) is 0 Å². The maximum atomic E-state index is 11.4. The first-order chi connectivity index (χ1) is 7.03. The Labute approximate surface area is 92.9 Å². The lowest BCUT2D eigenvalue weighted by Gasteiger charge is -2.44. The Morgan fingerprint density at radius 3 is 2.80 bits per heavy atom. The third kappa shape index (κ3) is 1.89. The van der Waals surface area contributed by atoms with Gasteiger partial charge >= 0.3 is 0 Å². The van der Waals surface area contributed by atoms with Crippen molar-refractivity contribution in [1.82, 2.24) is 0 Å². The van der Waals surface area contributed by atoms with Crippen molar-refractivity contribution in [2.24, 2.45) is 17.3 Å². The van der Waals surface area contributed by atoms with Crippen LogP contribution in [0, 0.1) is 17.3 Å².